The zero-order valence-corrected chi connectivity index (χ0v) is 14.4. The van der Waals surface area contributed by atoms with Crippen LogP contribution < -0.4 is 10.6 Å². The maximum Gasteiger partial charge on any atom is 0.138 e. The third-order valence-electron chi connectivity index (χ3n) is 2.97. The van der Waals surface area contributed by atoms with E-state index in [-0.39, 0.29) is 5.41 Å². The van der Waals surface area contributed by atoms with E-state index >= 15 is 0 Å². The highest BCUT2D eigenvalue weighted by molar-refractivity contribution is 7.98. The lowest BCUT2D eigenvalue weighted by atomic mass is 9.96. The molecule has 0 aliphatic heterocycles. The molecule has 1 aromatic rings. The molecule has 1 aromatic heterocycles. The first kappa shape index (κ1) is 17.1. The van der Waals surface area contributed by atoms with Crippen LogP contribution in [0.2, 0.25) is 0 Å². The molecular weight excluding hydrogens is 268 g/mol. The molecule has 0 spiro atoms. The Kier molecular flexibility index (Phi) is 6.59. The number of rotatable bonds is 7. The summed E-state index contributed by atoms with van der Waals surface area (Å²) < 4.78 is 0. The van der Waals surface area contributed by atoms with Crippen molar-refractivity contribution in [3.05, 3.63) is 11.9 Å². The Balaban J connectivity index is 3.02. The molecule has 20 heavy (non-hydrogen) atoms. The maximum absolute atomic E-state index is 4.69. The van der Waals surface area contributed by atoms with Crippen LogP contribution in [0.4, 0.5) is 11.6 Å². The van der Waals surface area contributed by atoms with E-state index in [0.717, 1.165) is 36.2 Å². The second-order valence-corrected chi connectivity index (χ2v) is 6.86. The predicted molar refractivity (Wildman–Crippen MR) is 91.0 cm³/mol. The first-order valence-electron chi connectivity index (χ1n) is 7.29. The molecule has 1 heterocycles. The van der Waals surface area contributed by atoms with E-state index in [4.69, 9.17) is 0 Å². The zero-order valence-electron chi connectivity index (χ0n) is 13.6. The average molecular weight is 296 g/mol. The molecule has 1 atom stereocenters. The lowest BCUT2D eigenvalue weighted by Gasteiger charge is -2.21. The topological polar surface area (TPSA) is 49.8 Å². The Morgan fingerprint density at radius 3 is 2.35 bits per heavy atom. The fraction of sp³-hybridized carbons (Fsp3) is 0.733. The van der Waals surface area contributed by atoms with Gasteiger partial charge in [-0.1, -0.05) is 27.7 Å². The van der Waals surface area contributed by atoms with Gasteiger partial charge in [-0.3, -0.25) is 0 Å². The van der Waals surface area contributed by atoms with Gasteiger partial charge in [-0.2, -0.15) is 11.8 Å². The maximum atomic E-state index is 4.69. The standard InChI is InChI=1S/C15H28N4S/c1-7-11(10-20-6)17-13-9-12(16-8-2)18-14(19-13)15(3,4)5/h9,11H,7-8,10H2,1-6H3,(H2,16,17,18,19). The number of nitrogens with one attached hydrogen (secondary N) is 2. The lowest BCUT2D eigenvalue weighted by Crippen LogP contribution is -2.24. The van der Waals surface area contributed by atoms with Crippen molar-refractivity contribution in [3.8, 4) is 0 Å². The van der Waals surface area contributed by atoms with E-state index in [9.17, 15) is 0 Å². The second kappa shape index (κ2) is 7.72. The van der Waals surface area contributed by atoms with Gasteiger partial charge in [0.25, 0.3) is 0 Å². The minimum Gasteiger partial charge on any atom is -0.370 e. The molecule has 1 unspecified atom stereocenters. The van der Waals surface area contributed by atoms with Crippen LogP contribution in [0.1, 0.15) is 46.9 Å². The Labute approximate surface area is 127 Å². The van der Waals surface area contributed by atoms with Gasteiger partial charge in [0.05, 0.1) is 0 Å². The van der Waals surface area contributed by atoms with Crippen LogP contribution in [0, 0.1) is 0 Å². The monoisotopic (exact) mass is 296 g/mol. The molecule has 0 bridgehead atoms. The second-order valence-electron chi connectivity index (χ2n) is 5.95. The summed E-state index contributed by atoms with van der Waals surface area (Å²) in [7, 11) is 0. The van der Waals surface area contributed by atoms with E-state index in [0.29, 0.717) is 6.04 Å². The molecule has 0 aliphatic carbocycles. The normalized spacial score (nSPS) is 13.1. The number of thioether (sulfide) groups is 1. The predicted octanol–water partition coefficient (Wildman–Crippen LogP) is 3.76. The molecular formula is C15H28N4S. The number of nitrogens with zero attached hydrogens (tertiary/aromatic N) is 2. The van der Waals surface area contributed by atoms with Crippen LogP contribution in [0.25, 0.3) is 0 Å². The third kappa shape index (κ3) is 5.19. The van der Waals surface area contributed by atoms with E-state index in [1.807, 2.05) is 17.8 Å². The highest BCUT2D eigenvalue weighted by Gasteiger charge is 2.19. The Bertz CT molecular complexity index is 415. The summed E-state index contributed by atoms with van der Waals surface area (Å²) in [4.78, 5) is 9.29. The fourth-order valence-corrected chi connectivity index (χ4v) is 2.52. The Hall–Kier alpha value is -0.970. The van der Waals surface area contributed by atoms with Gasteiger partial charge in [0.15, 0.2) is 0 Å². The summed E-state index contributed by atoms with van der Waals surface area (Å²) in [6.45, 7) is 11.6. The van der Waals surface area contributed by atoms with Crippen LogP contribution in [0.5, 0.6) is 0 Å². The SMILES string of the molecule is CCNc1cc(NC(CC)CSC)nc(C(C)(C)C)n1. The van der Waals surface area contributed by atoms with Gasteiger partial charge in [-0.05, 0) is 19.6 Å². The van der Waals surface area contributed by atoms with Gasteiger partial charge in [0, 0.05) is 29.8 Å². The molecule has 5 heteroatoms. The van der Waals surface area contributed by atoms with Crippen molar-refractivity contribution in [1.29, 1.82) is 0 Å². The quantitative estimate of drug-likeness (QED) is 0.802. The van der Waals surface area contributed by atoms with Gasteiger partial charge in [-0.25, -0.2) is 9.97 Å². The summed E-state index contributed by atoms with van der Waals surface area (Å²) >= 11 is 1.86. The van der Waals surface area contributed by atoms with Crippen molar-refractivity contribution < 1.29 is 0 Å². The summed E-state index contributed by atoms with van der Waals surface area (Å²) in [5, 5.41) is 6.82. The van der Waals surface area contributed by atoms with E-state index in [2.05, 4.69) is 61.5 Å². The van der Waals surface area contributed by atoms with Crippen LogP contribution in [0.3, 0.4) is 0 Å². The van der Waals surface area contributed by atoms with Crippen LogP contribution >= 0.6 is 11.8 Å². The van der Waals surface area contributed by atoms with Gasteiger partial charge in [-0.15, -0.1) is 0 Å². The van der Waals surface area contributed by atoms with Gasteiger partial charge in [0.1, 0.15) is 17.5 Å². The molecule has 0 aliphatic rings. The molecule has 0 fully saturated rings. The molecule has 2 N–H and O–H groups in total. The van der Waals surface area contributed by atoms with Crippen molar-refractivity contribution in [1.82, 2.24) is 9.97 Å². The highest BCUT2D eigenvalue weighted by atomic mass is 32.2. The molecule has 0 amide bonds. The summed E-state index contributed by atoms with van der Waals surface area (Å²) in [6, 6.07) is 2.45. The summed E-state index contributed by atoms with van der Waals surface area (Å²) in [5.41, 5.74) is -0.0525. The minimum absolute atomic E-state index is 0.0525. The van der Waals surface area contributed by atoms with Gasteiger partial charge in [0.2, 0.25) is 0 Å². The first-order valence-corrected chi connectivity index (χ1v) is 8.69. The summed E-state index contributed by atoms with van der Waals surface area (Å²) in [5.74, 6) is 3.77. The molecule has 0 saturated heterocycles. The average Bonchev–Trinajstić information content (AvgIpc) is 2.37. The fourth-order valence-electron chi connectivity index (χ4n) is 1.80. The number of hydrogen-bond acceptors (Lipinski definition) is 5. The van der Waals surface area contributed by atoms with Crippen LogP contribution in [-0.2, 0) is 5.41 Å². The molecule has 1 rings (SSSR count). The Morgan fingerprint density at radius 1 is 1.20 bits per heavy atom. The van der Waals surface area contributed by atoms with Crippen molar-refractivity contribution in [3.63, 3.8) is 0 Å². The van der Waals surface area contributed by atoms with Crippen molar-refractivity contribution in [2.75, 3.05) is 29.2 Å². The zero-order chi connectivity index (χ0) is 15.2. The van der Waals surface area contributed by atoms with Crippen molar-refractivity contribution >= 4 is 23.4 Å². The van der Waals surface area contributed by atoms with Crippen LogP contribution in [-0.4, -0.2) is 34.6 Å². The van der Waals surface area contributed by atoms with Gasteiger partial charge < -0.3 is 10.6 Å². The number of aromatic nitrogens is 2. The first-order chi connectivity index (χ1) is 9.40. The third-order valence-corrected chi connectivity index (χ3v) is 3.70. The van der Waals surface area contributed by atoms with E-state index < -0.39 is 0 Å². The number of anilines is 2. The molecule has 0 aromatic carbocycles. The smallest absolute Gasteiger partial charge is 0.138 e. The lowest BCUT2D eigenvalue weighted by molar-refractivity contribution is 0.546. The minimum atomic E-state index is -0.0525. The highest BCUT2D eigenvalue weighted by Crippen LogP contribution is 2.23. The summed E-state index contributed by atoms with van der Waals surface area (Å²) in [6.07, 6.45) is 3.22. The Morgan fingerprint density at radius 2 is 1.85 bits per heavy atom. The number of hydrogen-bond donors (Lipinski definition) is 2. The van der Waals surface area contributed by atoms with E-state index in [1.165, 1.54) is 0 Å². The molecule has 0 saturated carbocycles. The van der Waals surface area contributed by atoms with Crippen molar-refractivity contribution in [2.24, 2.45) is 0 Å². The molecule has 0 radical (unpaired) electrons. The van der Waals surface area contributed by atoms with Crippen molar-refractivity contribution in [2.45, 2.75) is 52.5 Å². The van der Waals surface area contributed by atoms with Gasteiger partial charge >= 0.3 is 0 Å². The van der Waals surface area contributed by atoms with E-state index in [1.54, 1.807) is 0 Å². The molecule has 4 nitrogen and oxygen atoms in total. The van der Waals surface area contributed by atoms with Crippen LogP contribution in [0.15, 0.2) is 6.07 Å². The largest absolute Gasteiger partial charge is 0.370 e. The molecule has 114 valence electrons.